The number of benzene rings is 1. The molecule has 0 amide bonds. The summed E-state index contributed by atoms with van der Waals surface area (Å²) < 4.78 is 51.8. The van der Waals surface area contributed by atoms with Crippen LogP contribution < -0.4 is 0 Å². The predicted molar refractivity (Wildman–Crippen MR) is 90.5 cm³/mol. The molecular formula is C17H14F4N6. The van der Waals surface area contributed by atoms with Crippen molar-refractivity contribution in [1.82, 2.24) is 20.1 Å². The van der Waals surface area contributed by atoms with E-state index in [1.807, 2.05) is 16.9 Å². The Balaban J connectivity index is 1.70. The summed E-state index contributed by atoms with van der Waals surface area (Å²) in [6.45, 7) is 2.49. The minimum absolute atomic E-state index is 0.00573. The Bertz CT molecular complexity index is 972. The number of amidine groups is 1. The molecule has 1 unspecified atom stereocenters. The van der Waals surface area contributed by atoms with Crippen molar-refractivity contribution in [3.05, 3.63) is 53.5 Å². The molecule has 1 aromatic carbocycles. The number of H-pyrrole nitrogens is 1. The van der Waals surface area contributed by atoms with E-state index in [0.717, 1.165) is 0 Å². The van der Waals surface area contributed by atoms with E-state index in [9.17, 15) is 17.6 Å². The van der Waals surface area contributed by atoms with E-state index in [1.54, 1.807) is 18.3 Å². The Labute approximate surface area is 151 Å². The van der Waals surface area contributed by atoms with Crippen LogP contribution in [0.25, 0.3) is 5.70 Å². The van der Waals surface area contributed by atoms with Crippen molar-refractivity contribution < 1.29 is 17.6 Å². The zero-order valence-electron chi connectivity index (χ0n) is 14.1. The van der Waals surface area contributed by atoms with Gasteiger partial charge in [0.25, 0.3) is 0 Å². The van der Waals surface area contributed by atoms with E-state index in [2.05, 4.69) is 20.1 Å². The van der Waals surface area contributed by atoms with Crippen LogP contribution in [0.2, 0.25) is 0 Å². The first-order chi connectivity index (χ1) is 12.8. The molecule has 2 aliphatic heterocycles. The van der Waals surface area contributed by atoms with Crippen LogP contribution in [0.1, 0.15) is 24.1 Å². The van der Waals surface area contributed by atoms with Gasteiger partial charge in [0.1, 0.15) is 17.3 Å². The fraction of sp³-hybridized carbons (Fsp3) is 0.294. The van der Waals surface area contributed by atoms with Gasteiger partial charge in [0, 0.05) is 19.2 Å². The Morgan fingerprint density at radius 1 is 1.30 bits per heavy atom. The average molecular weight is 378 g/mol. The zero-order chi connectivity index (χ0) is 19.2. The van der Waals surface area contributed by atoms with E-state index in [4.69, 9.17) is 0 Å². The van der Waals surface area contributed by atoms with Crippen molar-refractivity contribution in [3.8, 4) is 0 Å². The molecule has 140 valence electrons. The molecule has 6 nitrogen and oxygen atoms in total. The van der Waals surface area contributed by atoms with Crippen molar-refractivity contribution in [3.63, 3.8) is 0 Å². The maximum absolute atomic E-state index is 13.5. The Morgan fingerprint density at radius 3 is 2.81 bits per heavy atom. The van der Waals surface area contributed by atoms with Gasteiger partial charge in [-0.1, -0.05) is 12.1 Å². The average Bonchev–Trinajstić information content (AvgIpc) is 3.20. The van der Waals surface area contributed by atoms with Crippen LogP contribution in [-0.4, -0.2) is 44.2 Å². The summed E-state index contributed by atoms with van der Waals surface area (Å²) in [5, 5.41) is 5.53. The number of hydrogen-bond acceptors (Lipinski definition) is 5. The minimum atomic E-state index is -4.62. The van der Waals surface area contributed by atoms with Gasteiger partial charge in [-0.3, -0.25) is 10.1 Å². The van der Waals surface area contributed by atoms with Crippen molar-refractivity contribution >= 4 is 17.2 Å². The van der Waals surface area contributed by atoms with Crippen LogP contribution in [0.3, 0.4) is 0 Å². The Kier molecular flexibility index (Phi) is 4.05. The van der Waals surface area contributed by atoms with Gasteiger partial charge in [0.15, 0.2) is 0 Å². The van der Waals surface area contributed by atoms with Gasteiger partial charge >= 0.3 is 6.18 Å². The first-order valence-corrected chi connectivity index (χ1v) is 8.18. The summed E-state index contributed by atoms with van der Waals surface area (Å²) in [6, 6.07) is 6.07. The van der Waals surface area contributed by atoms with Gasteiger partial charge in [-0.05, 0) is 24.6 Å². The fourth-order valence-corrected chi connectivity index (χ4v) is 2.99. The highest BCUT2D eigenvalue weighted by atomic mass is 19.4. The predicted octanol–water partition coefficient (Wildman–Crippen LogP) is 3.06. The second-order valence-electron chi connectivity index (χ2n) is 6.34. The number of hydrogen-bond donors (Lipinski definition) is 1. The summed E-state index contributed by atoms with van der Waals surface area (Å²) in [5.74, 6) is -1.09. The Morgan fingerprint density at radius 2 is 2.11 bits per heavy atom. The molecule has 3 heterocycles. The number of alkyl halides is 3. The van der Waals surface area contributed by atoms with Gasteiger partial charge in [0.05, 0.1) is 11.8 Å². The molecule has 2 aromatic rings. The number of aromatic amines is 1. The molecule has 0 bridgehead atoms. The first kappa shape index (κ1) is 17.4. The molecule has 2 aliphatic rings. The molecule has 0 saturated carbocycles. The first-order valence-electron chi connectivity index (χ1n) is 8.18. The summed E-state index contributed by atoms with van der Waals surface area (Å²) >= 11 is 0. The number of aromatic nitrogens is 3. The van der Waals surface area contributed by atoms with Crippen molar-refractivity contribution in [2.75, 3.05) is 6.54 Å². The summed E-state index contributed by atoms with van der Waals surface area (Å²) in [4.78, 5) is 14.3. The fourth-order valence-electron chi connectivity index (χ4n) is 2.99. The minimum Gasteiger partial charge on any atom is -0.327 e. The number of aliphatic imine (C=N–C) groups is 2. The third-order valence-corrected chi connectivity index (χ3v) is 4.11. The summed E-state index contributed by atoms with van der Waals surface area (Å²) in [7, 11) is 0. The number of nitrogens with one attached hydrogen (secondary N) is 1. The molecule has 0 radical (unpaired) electrons. The molecule has 1 aromatic heterocycles. The SMILES string of the molecule is CC1CN2C=C(c3n[nH]c(C(F)(F)F)n3)N=C(Cc3cccc(F)c3)C2=N1. The highest BCUT2D eigenvalue weighted by Gasteiger charge is 2.36. The van der Waals surface area contributed by atoms with E-state index >= 15 is 0 Å². The van der Waals surface area contributed by atoms with Gasteiger partial charge in [-0.2, -0.15) is 18.3 Å². The zero-order valence-corrected chi connectivity index (χ0v) is 14.1. The molecule has 10 heteroatoms. The highest BCUT2D eigenvalue weighted by molar-refractivity contribution is 6.43. The van der Waals surface area contributed by atoms with E-state index in [0.29, 0.717) is 23.7 Å². The van der Waals surface area contributed by atoms with Crippen LogP contribution >= 0.6 is 0 Å². The molecule has 0 saturated heterocycles. The second kappa shape index (κ2) is 6.29. The molecule has 1 atom stereocenters. The normalized spacial score (nSPS) is 19.5. The number of nitrogens with zero attached hydrogens (tertiary/aromatic N) is 5. The topological polar surface area (TPSA) is 69.5 Å². The largest absolute Gasteiger partial charge is 0.451 e. The molecule has 0 fully saturated rings. The standard InChI is InChI=1S/C17H14F4N6/c1-9-7-27-8-13(14-24-16(26-25-14)17(19,20)21)23-12(15(27)22-9)6-10-3-2-4-11(18)5-10/h2-5,8-9H,6-7H2,1H3,(H,24,25,26). The lowest BCUT2D eigenvalue weighted by atomic mass is 10.1. The third-order valence-electron chi connectivity index (χ3n) is 4.11. The molecule has 0 spiro atoms. The van der Waals surface area contributed by atoms with Crippen LogP contribution in [0.5, 0.6) is 0 Å². The second-order valence-corrected chi connectivity index (χ2v) is 6.34. The molecule has 0 aliphatic carbocycles. The number of rotatable bonds is 3. The molecule has 1 N–H and O–H groups in total. The number of fused-ring (bicyclic) bond motifs is 1. The smallest absolute Gasteiger partial charge is 0.327 e. The van der Waals surface area contributed by atoms with Crippen LogP contribution in [-0.2, 0) is 12.6 Å². The monoisotopic (exact) mass is 378 g/mol. The van der Waals surface area contributed by atoms with Crippen LogP contribution in [0.15, 0.2) is 40.5 Å². The van der Waals surface area contributed by atoms with Crippen LogP contribution in [0, 0.1) is 5.82 Å². The lowest BCUT2D eigenvalue weighted by molar-refractivity contribution is -0.144. The maximum atomic E-state index is 13.5. The van der Waals surface area contributed by atoms with E-state index in [-0.39, 0.29) is 29.8 Å². The lowest BCUT2D eigenvalue weighted by Gasteiger charge is -2.22. The van der Waals surface area contributed by atoms with E-state index in [1.165, 1.54) is 12.1 Å². The summed E-state index contributed by atoms with van der Waals surface area (Å²) in [5.41, 5.74) is 1.41. The highest BCUT2D eigenvalue weighted by Crippen LogP contribution is 2.29. The van der Waals surface area contributed by atoms with Crippen molar-refractivity contribution in [1.29, 1.82) is 0 Å². The molecule has 4 rings (SSSR count). The van der Waals surface area contributed by atoms with Crippen LogP contribution in [0.4, 0.5) is 17.6 Å². The third kappa shape index (κ3) is 3.46. The maximum Gasteiger partial charge on any atom is 0.451 e. The molecule has 27 heavy (non-hydrogen) atoms. The lowest BCUT2D eigenvalue weighted by Crippen LogP contribution is -2.34. The Hall–Kier alpha value is -3.04. The van der Waals surface area contributed by atoms with Gasteiger partial charge in [0.2, 0.25) is 11.6 Å². The van der Waals surface area contributed by atoms with Gasteiger partial charge < -0.3 is 4.90 Å². The van der Waals surface area contributed by atoms with Crippen molar-refractivity contribution in [2.24, 2.45) is 9.98 Å². The van der Waals surface area contributed by atoms with Gasteiger partial charge in [-0.25, -0.2) is 14.4 Å². The van der Waals surface area contributed by atoms with E-state index < -0.39 is 12.0 Å². The molecular weight excluding hydrogens is 364 g/mol. The summed E-state index contributed by atoms with van der Waals surface area (Å²) in [6.07, 6.45) is -2.75. The van der Waals surface area contributed by atoms with Crippen molar-refractivity contribution in [2.45, 2.75) is 25.6 Å². The van der Waals surface area contributed by atoms with Gasteiger partial charge in [-0.15, -0.1) is 0 Å². The number of halogens is 4. The quantitative estimate of drug-likeness (QED) is 0.835.